The highest BCUT2D eigenvalue weighted by Crippen LogP contribution is 2.28. The van der Waals surface area contributed by atoms with E-state index in [0.717, 1.165) is 12.1 Å². The van der Waals surface area contributed by atoms with Crippen LogP contribution in [0.15, 0.2) is 47.4 Å². The molecule has 0 spiro atoms. The molecule has 3 N–H and O–H groups in total. The number of para-hydroxylation sites is 1. The van der Waals surface area contributed by atoms with Gasteiger partial charge in [-0.25, -0.2) is 8.42 Å². The quantitative estimate of drug-likeness (QED) is 0.342. The zero-order valence-corrected chi connectivity index (χ0v) is 13.5. The van der Waals surface area contributed by atoms with E-state index in [-0.39, 0.29) is 5.69 Å². The molecule has 110 valence electrons. The molecule has 0 radical (unpaired) electrons. The number of benzene rings is 2. The molecule has 2 aromatic rings. The van der Waals surface area contributed by atoms with Crippen molar-refractivity contribution in [3.8, 4) is 0 Å². The molecule has 0 saturated carbocycles. The smallest absolute Gasteiger partial charge is 0.290 e. The summed E-state index contributed by atoms with van der Waals surface area (Å²) in [5.41, 5.74) is 5.48. The summed E-state index contributed by atoms with van der Waals surface area (Å²) < 4.78 is 27.7. The van der Waals surface area contributed by atoms with Gasteiger partial charge in [0, 0.05) is 15.3 Å². The Balaban J connectivity index is 2.52. The molecule has 2 aromatic carbocycles. The number of nitrogen functional groups attached to an aromatic ring is 1. The van der Waals surface area contributed by atoms with Crippen molar-refractivity contribution in [2.75, 3.05) is 10.5 Å². The van der Waals surface area contributed by atoms with Crippen LogP contribution >= 0.6 is 22.6 Å². The third-order valence-corrected chi connectivity index (χ3v) is 4.92. The topological polar surface area (TPSA) is 115 Å². The molecule has 0 atom stereocenters. The Morgan fingerprint density at radius 1 is 1.19 bits per heavy atom. The number of nitro benzene ring substituents is 1. The van der Waals surface area contributed by atoms with Gasteiger partial charge in [0.2, 0.25) is 0 Å². The number of hydrogen-bond donors (Lipinski definition) is 2. The largest absolute Gasteiger partial charge is 0.399 e. The third kappa shape index (κ3) is 3.42. The average molecular weight is 419 g/mol. The maximum Gasteiger partial charge on any atom is 0.290 e. The fourth-order valence-electron chi connectivity index (χ4n) is 1.64. The monoisotopic (exact) mass is 419 g/mol. The van der Waals surface area contributed by atoms with Crippen molar-refractivity contribution in [2.24, 2.45) is 0 Å². The van der Waals surface area contributed by atoms with Gasteiger partial charge in [0.15, 0.2) is 4.90 Å². The lowest BCUT2D eigenvalue weighted by atomic mass is 10.3. The number of halogens is 1. The van der Waals surface area contributed by atoms with E-state index in [1.165, 1.54) is 6.07 Å². The average Bonchev–Trinajstić information content (AvgIpc) is 2.41. The normalized spacial score (nSPS) is 11.1. The lowest BCUT2D eigenvalue weighted by Crippen LogP contribution is -2.15. The summed E-state index contributed by atoms with van der Waals surface area (Å²) in [4.78, 5) is 9.74. The van der Waals surface area contributed by atoms with Crippen LogP contribution in [0.3, 0.4) is 0 Å². The van der Waals surface area contributed by atoms with E-state index in [2.05, 4.69) is 4.72 Å². The van der Waals surface area contributed by atoms with Crippen LogP contribution in [0.1, 0.15) is 0 Å². The fourth-order valence-corrected chi connectivity index (χ4v) is 3.63. The van der Waals surface area contributed by atoms with Gasteiger partial charge in [-0.2, -0.15) is 0 Å². The molecule has 0 saturated heterocycles. The van der Waals surface area contributed by atoms with Gasteiger partial charge in [-0.3, -0.25) is 14.8 Å². The minimum atomic E-state index is -4.11. The first-order valence-corrected chi connectivity index (χ1v) is 8.19. The lowest BCUT2D eigenvalue weighted by Gasteiger charge is -2.10. The predicted octanol–water partition coefficient (Wildman–Crippen LogP) is 2.58. The number of nitrogens with two attached hydrogens (primary N) is 1. The first-order valence-electron chi connectivity index (χ1n) is 5.62. The molecule has 21 heavy (non-hydrogen) atoms. The summed E-state index contributed by atoms with van der Waals surface area (Å²) in [7, 11) is -4.11. The summed E-state index contributed by atoms with van der Waals surface area (Å²) in [6, 6.07) is 10.1. The molecule has 9 heteroatoms. The molecular formula is C12H10IN3O4S. The molecular weight excluding hydrogens is 409 g/mol. The van der Waals surface area contributed by atoms with E-state index < -0.39 is 25.5 Å². The summed E-state index contributed by atoms with van der Waals surface area (Å²) in [5.74, 6) is 0. The van der Waals surface area contributed by atoms with E-state index in [1.807, 2.05) is 22.6 Å². The Morgan fingerprint density at radius 2 is 1.86 bits per heavy atom. The second-order valence-electron chi connectivity index (χ2n) is 4.07. The molecule has 0 aliphatic heterocycles. The van der Waals surface area contributed by atoms with Gasteiger partial charge in [-0.15, -0.1) is 0 Å². The molecule has 2 rings (SSSR count). The van der Waals surface area contributed by atoms with Gasteiger partial charge in [0.1, 0.15) is 0 Å². The van der Waals surface area contributed by atoms with Crippen LogP contribution in [-0.4, -0.2) is 13.3 Å². The van der Waals surface area contributed by atoms with Crippen molar-refractivity contribution in [2.45, 2.75) is 4.90 Å². The Kier molecular flexibility index (Phi) is 4.32. The van der Waals surface area contributed by atoms with Gasteiger partial charge >= 0.3 is 0 Å². The van der Waals surface area contributed by atoms with Crippen LogP contribution in [0.2, 0.25) is 0 Å². The molecule has 0 aliphatic rings. The summed E-state index contributed by atoms with van der Waals surface area (Å²) >= 11 is 1.96. The fraction of sp³-hybridized carbons (Fsp3) is 0. The van der Waals surface area contributed by atoms with Gasteiger partial charge in [0.05, 0.1) is 10.6 Å². The summed E-state index contributed by atoms with van der Waals surface area (Å²) in [6.07, 6.45) is 0. The molecule has 7 nitrogen and oxygen atoms in total. The number of nitrogens with zero attached hydrogens (tertiary/aromatic N) is 1. The van der Waals surface area contributed by atoms with Crippen molar-refractivity contribution >= 4 is 49.7 Å². The van der Waals surface area contributed by atoms with E-state index in [9.17, 15) is 18.5 Å². The highest BCUT2D eigenvalue weighted by atomic mass is 127. The van der Waals surface area contributed by atoms with Crippen LogP contribution in [-0.2, 0) is 10.0 Å². The van der Waals surface area contributed by atoms with Gasteiger partial charge < -0.3 is 5.73 Å². The molecule has 0 heterocycles. The minimum Gasteiger partial charge on any atom is -0.399 e. The van der Waals surface area contributed by atoms with Crippen molar-refractivity contribution in [3.05, 3.63) is 56.1 Å². The maximum atomic E-state index is 12.4. The second-order valence-corrected chi connectivity index (χ2v) is 6.88. The van der Waals surface area contributed by atoms with Crippen LogP contribution in [0.5, 0.6) is 0 Å². The van der Waals surface area contributed by atoms with Crippen molar-refractivity contribution in [3.63, 3.8) is 0 Å². The Morgan fingerprint density at radius 3 is 2.48 bits per heavy atom. The molecule has 0 aromatic heterocycles. The maximum absolute atomic E-state index is 12.4. The molecule has 0 fully saturated rings. The Bertz CT molecular complexity index is 808. The predicted molar refractivity (Wildman–Crippen MR) is 87.5 cm³/mol. The van der Waals surface area contributed by atoms with Gasteiger partial charge in [-0.1, -0.05) is 12.1 Å². The molecule has 0 aliphatic carbocycles. The summed E-state index contributed by atoms with van der Waals surface area (Å²) in [6.45, 7) is 0. The number of anilines is 2. The standard InChI is InChI=1S/C12H10IN3O4S/c13-9-3-1-2-4-10(9)15-21(19,20)12-7-8(14)5-6-11(12)16(17)18/h1-7,15H,14H2. The van der Waals surface area contributed by atoms with Crippen LogP contribution in [0.25, 0.3) is 0 Å². The van der Waals surface area contributed by atoms with Crippen LogP contribution in [0, 0.1) is 13.7 Å². The first kappa shape index (κ1) is 15.5. The highest BCUT2D eigenvalue weighted by Gasteiger charge is 2.26. The molecule has 0 amide bonds. The third-order valence-electron chi connectivity index (χ3n) is 2.59. The second kappa shape index (κ2) is 5.85. The molecule has 0 unspecified atom stereocenters. The van der Waals surface area contributed by atoms with E-state index >= 15 is 0 Å². The number of rotatable bonds is 4. The SMILES string of the molecule is Nc1ccc([N+](=O)[O-])c(S(=O)(=O)Nc2ccccc2I)c1. The van der Waals surface area contributed by atoms with Crippen LogP contribution < -0.4 is 10.5 Å². The van der Waals surface area contributed by atoms with Gasteiger partial charge in [-0.05, 0) is 46.9 Å². The highest BCUT2D eigenvalue weighted by molar-refractivity contribution is 14.1. The van der Waals surface area contributed by atoms with E-state index in [0.29, 0.717) is 9.26 Å². The number of nitrogens with one attached hydrogen (secondary N) is 1. The Hall–Kier alpha value is -1.88. The first-order chi connectivity index (χ1) is 9.81. The number of hydrogen-bond acceptors (Lipinski definition) is 5. The number of nitro groups is 1. The van der Waals surface area contributed by atoms with Gasteiger partial charge in [0.25, 0.3) is 15.7 Å². The zero-order chi connectivity index (χ0) is 15.6. The zero-order valence-electron chi connectivity index (χ0n) is 10.5. The summed E-state index contributed by atoms with van der Waals surface area (Å²) in [5, 5.41) is 11.0. The minimum absolute atomic E-state index is 0.128. The lowest BCUT2D eigenvalue weighted by molar-refractivity contribution is -0.387. The van der Waals surface area contributed by atoms with Crippen molar-refractivity contribution in [1.29, 1.82) is 0 Å². The van der Waals surface area contributed by atoms with Crippen LogP contribution in [0.4, 0.5) is 17.1 Å². The molecule has 0 bridgehead atoms. The van der Waals surface area contributed by atoms with E-state index in [1.54, 1.807) is 24.3 Å². The van der Waals surface area contributed by atoms with Crippen molar-refractivity contribution < 1.29 is 13.3 Å². The number of sulfonamides is 1. The van der Waals surface area contributed by atoms with Crippen molar-refractivity contribution in [1.82, 2.24) is 0 Å². The van der Waals surface area contributed by atoms with E-state index in [4.69, 9.17) is 5.73 Å². The Labute approximate surface area is 134 Å².